The van der Waals surface area contributed by atoms with E-state index in [1.807, 2.05) is 24.3 Å². The van der Waals surface area contributed by atoms with Crippen LogP contribution >= 0.6 is 0 Å². The summed E-state index contributed by atoms with van der Waals surface area (Å²) in [4.78, 5) is 24.6. The number of methoxy groups -OCH3 is 1. The normalized spacial score (nSPS) is 15.3. The second-order valence-corrected chi connectivity index (χ2v) is 7.19. The highest BCUT2D eigenvalue weighted by Gasteiger charge is 2.17. The molecule has 0 bridgehead atoms. The summed E-state index contributed by atoms with van der Waals surface area (Å²) in [5.74, 6) is 0.344. The predicted molar refractivity (Wildman–Crippen MR) is 119 cm³/mol. The molecule has 31 heavy (non-hydrogen) atoms. The molecule has 1 saturated heterocycles. The average molecular weight is 428 g/mol. The predicted octanol–water partition coefficient (Wildman–Crippen LogP) is 2.67. The van der Waals surface area contributed by atoms with E-state index in [1.54, 1.807) is 31.4 Å². The van der Waals surface area contributed by atoms with E-state index in [0.29, 0.717) is 31.0 Å². The maximum Gasteiger partial charge on any atom is 0.251 e. The minimum Gasteiger partial charge on any atom is -0.491 e. The maximum absolute atomic E-state index is 12.4. The Bertz CT molecular complexity index is 851. The van der Waals surface area contributed by atoms with Gasteiger partial charge in [0.05, 0.1) is 19.3 Å². The maximum atomic E-state index is 12.4. The van der Waals surface area contributed by atoms with Crippen molar-refractivity contribution in [2.75, 3.05) is 50.7 Å². The first-order chi connectivity index (χ1) is 15.1. The Morgan fingerprint density at radius 3 is 2.68 bits per heavy atom. The number of nitrogens with one attached hydrogen (secondary N) is 3. The van der Waals surface area contributed by atoms with Gasteiger partial charge in [-0.1, -0.05) is 6.07 Å². The number of rotatable bonds is 11. The second kappa shape index (κ2) is 11.9. The van der Waals surface area contributed by atoms with Gasteiger partial charge in [0.25, 0.3) is 5.91 Å². The van der Waals surface area contributed by atoms with Crippen LogP contribution in [0, 0.1) is 0 Å². The Hall–Kier alpha value is -3.10. The standard InChI is InChI=1S/C23H29N3O5/c1-29-12-13-31-20-9-7-18(8-10-20)24-16-22(27)26-19-5-2-4-17(14-19)23(28)25-15-21-6-3-11-30-21/h2,4-5,7-10,14,21,24H,3,6,11-13,15-16H2,1H3,(H,25,28)(H,26,27). The van der Waals surface area contributed by atoms with Gasteiger partial charge in [-0.15, -0.1) is 0 Å². The molecule has 3 rings (SSSR count). The number of anilines is 2. The molecule has 166 valence electrons. The van der Waals surface area contributed by atoms with Crippen molar-refractivity contribution in [3.8, 4) is 5.75 Å². The first-order valence-electron chi connectivity index (χ1n) is 10.4. The Labute approximate surface area is 182 Å². The number of hydrogen-bond donors (Lipinski definition) is 3. The molecule has 1 aliphatic rings. The smallest absolute Gasteiger partial charge is 0.251 e. The van der Waals surface area contributed by atoms with E-state index in [1.165, 1.54) is 0 Å². The summed E-state index contributed by atoms with van der Waals surface area (Å²) < 4.78 is 16.0. The van der Waals surface area contributed by atoms with Crippen LogP contribution in [0.2, 0.25) is 0 Å². The molecule has 0 radical (unpaired) electrons. The summed E-state index contributed by atoms with van der Waals surface area (Å²) in [6.07, 6.45) is 2.08. The van der Waals surface area contributed by atoms with Crippen molar-refractivity contribution in [3.63, 3.8) is 0 Å². The molecule has 0 aromatic heterocycles. The third-order valence-corrected chi connectivity index (χ3v) is 4.79. The molecular formula is C23H29N3O5. The van der Waals surface area contributed by atoms with Crippen molar-refractivity contribution in [2.24, 2.45) is 0 Å². The summed E-state index contributed by atoms with van der Waals surface area (Å²) in [5.41, 5.74) is 1.86. The summed E-state index contributed by atoms with van der Waals surface area (Å²) in [5, 5.41) is 8.75. The van der Waals surface area contributed by atoms with E-state index < -0.39 is 0 Å². The van der Waals surface area contributed by atoms with Crippen molar-refractivity contribution < 1.29 is 23.8 Å². The first kappa shape index (κ1) is 22.6. The summed E-state index contributed by atoms with van der Waals surface area (Å²) in [7, 11) is 1.62. The van der Waals surface area contributed by atoms with Gasteiger partial charge >= 0.3 is 0 Å². The van der Waals surface area contributed by atoms with Gasteiger partial charge in [0.15, 0.2) is 0 Å². The van der Waals surface area contributed by atoms with Crippen LogP contribution in [0.25, 0.3) is 0 Å². The third kappa shape index (κ3) is 7.58. The largest absolute Gasteiger partial charge is 0.491 e. The molecule has 2 amide bonds. The Balaban J connectivity index is 1.43. The molecule has 1 aliphatic heterocycles. The molecule has 8 heteroatoms. The summed E-state index contributed by atoms with van der Waals surface area (Å²) in [6, 6.07) is 14.2. The lowest BCUT2D eigenvalue weighted by molar-refractivity contribution is -0.114. The summed E-state index contributed by atoms with van der Waals surface area (Å²) >= 11 is 0. The minimum atomic E-state index is -0.211. The minimum absolute atomic E-state index is 0.0869. The van der Waals surface area contributed by atoms with Crippen LogP contribution in [0.3, 0.4) is 0 Å². The van der Waals surface area contributed by atoms with Crippen LogP contribution < -0.4 is 20.7 Å². The van der Waals surface area contributed by atoms with Gasteiger partial charge < -0.3 is 30.2 Å². The zero-order valence-electron chi connectivity index (χ0n) is 17.7. The van der Waals surface area contributed by atoms with Gasteiger partial charge in [-0.2, -0.15) is 0 Å². The molecule has 0 aliphatic carbocycles. The Kier molecular flexibility index (Phi) is 8.69. The fourth-order valence-electron chi connectivity index (χ4n) is 3.15. The van der Waals surface area contributed by atoms with E-state index in [9.17, 15) is 9.59 Å². The average Bonchev–Trinajstić information content (AvgIpc) is 3.31. The summed E-state index contributed by atoms with van der Waals surface area (Å²) in [6.45, 7) is 2.35. The van der Waals surface area contributed by atoms with Crippen molar-refractivity contribution in [1.82, 2.24) is 5.32 Å². The number of amides is 2. The zero-order valence-corrected chi connectivity index (χ0v) is 17.7. The highest BCUT2D eigenvalue weighted by atomic mass is 16.5. The Morgan fingerprint density at radius 2 is 1.94 bits per heavy atom. The molecule has 3 N–H and O–H groups in total. The van der Waals surface area contributed by atoms with Crippen molar-refractivity contribution >= 4 is 23.2 Å². The van der Waals surface area contributed by atoms with Crippen LogP contribution in [-0.2, 0) is 14.3 Å². The van der Waals surface area contributed by atoms with Crippen molar-refractivity contribution in [2.45, 2.75) is 18.9 Å². The number of carbonyl (C=O) groups excluding carboxylic acids is 2. The molecule has 0 saturated carbocycles. The van der Waals surface area contributed by atoms with Crippen molar-refractivity contribution in [3.05, 3.63) is 54.1 Å². The molecule has 2 aromatic carbocycles. The third-order valence-electron chi connectivity index (χ3n) is 4.79. The highest BCUT2D eigenvalue weighted by molar-refractivity contribution is 5.98. The fraction of sp³-hybridized carbons (Fsp3) is 0.391. The van der Waals surface area contributed by atoms with Gasteiger partial charge in [-0.3, -0.25) is 9.59 Å². The van der Waals surface area contributed by atoms with E-state index in [0.717, 1.165) is 30.9 Å². The first-order valence-corrected chi connectivity index (χ1v) is 10.4. The molecule has 1 unspecified atom stereocenters. The topological polar surface area (TPSA) is 97.9 Å². The monoisotopic (exact) mass is 427 g/mol. The Morgan fingerprint density at radius 1 is 1.10 bits per heavy atom. The quantitative estimate of drug-likeness (QED) is 0.477. The van der Waals surface area contributed by atoms with Gasteiger partial charge in [0.1, 0.15) is 12.4 Å². The van der Waals surface area contributed by atoms with Crippen LogP contribution in [0.15, 0.2) is 48.5 Å². The van der Waals surface area contributed by atoms with Crippen LogP contribution in [0.5, 0.6) is 5.75 Å². The molecule has 1 heterocycles. The van der Waals surface area contributed by atoms with Gasteiger partial charge in [-0.05, 0) is 55.3 Å². The van der Waals surface area contributed by atoms with Crippen LogP contribution in [-0.4, -0.2) is 57.9 Å². The molecular weight excluding hydrogens is 398 g/mol. The van der Waals surface area contributed by atoms with Gasteiger partial charge in [0, 0.05) is 37.2 Å². The number of benzene rings is 2. The van der Waals surface area contributed by atoms with Crippen LogP contribution in [0.1, 0.15) is 23.2 Å². The molecule has 2 aromatic rings. The van der Waals surface area contributed by atoms with E-state index in [2.05, 4.69) is 16.0 Å². The van der Waals surface area contributed by atoms with Crippen LogP contribution in [0.4, 0.5) is 11.4 Å². The number of ether oxygens (including phenoxy) is 3. The number of hydrogen-bond acceptors (Lipinski definition) is 6. The lowest BCUT2D eigenvalue weighted by Gasteiger charge is -2.12. The highest BCUT2D eigenvalue weighted by Crippen LogP contribution is 2.16. The molecule has 8 nitrogen and oxygen atoms in total. The van der Waals surface area contributed by atoms with E-state index in [-0.39, 0.29) is 24.5 Å². The van der Waals surface area contributed by atoms with E-state index in [4.69, 9.17) is 14.2 Å². The van der Waals surface area contributed by atoms with Gasteiger partial charge in [-0.25, -0.2) is 0 Å². The lowest BCUT2D eigenvalue weighted by atomic mass is 10.1. The zero-order chi connectivity index (χ0) is 21.9. The lowest BCUT2D eigenvalue weighted by Crippen LogP contribution is -2.31. The number of carbonyl (C=O) groups is 2. The van der Waals surface area contributed by atoms with E-state index >= 15 is 0 Å². The second-order valence-electron chi connectivity index (χ2n) is 7.19. The van der Waals surface area contributed by atoms with Gasteiger partial charge in [0.2, 0.25) is 5.91 Å². The molecule has 1 atom stereocenters. The molecule has 1 fully saturated rings. The van der Waals surface area contributed by atoms with Crippen molar-refractivity contribution in [1.29, 1.82) is 0 Å². The molecule has 0 spiro atoms. The fourth-order valence-corrected chi connectivity index (χ4v) is 3.15. The SMILES string of the molecule is COCCOc1ccc(NCC(=O)Nc2cccc(C(=O)NCC3CCCO3)c2)cc1.